The number of sulfonamides is 1. The zero-order valence-electron chi connectivity index (χ0n) is 18.9. The Balaban J connectivity index is 1.85. The van der Waals surface area contributed by atoms with E-state index < -0.39 is 15.9 Å². The van der Waals surface area contributed by atoms with Crippen molar-refractivity contribution in [3.63, 3.8) is 0 Å². The molecular weight excluding hydrogens is 513 g/mol. The first-order valence-electron chi connectivity index (χ1n) is 10.5. The summed E-state index contributed by atoms with van der Waals surface area (Å²) in [6.07, 6.45) is 0. The van der Waals surface area contributed by atoms with Crippen LogP contribution in [0.15, 0.2) is 71.6 Å². The molecular formula is C24H23Cl2N3O5S. The predicted molar refractivity (Wildman–Crippen MR) is 136 cm³/mol. The van der Waals surface area contributed by atoms with Crippen LogP contribution in [0.5, 0.6) is 11.5 Å². The molecule has 0 bridgehead atoms. The molecule has 2 amide bonds. The van der Waals surface area contributed by atoms with E-state index in [1.165, 1.54) is 54.4 Å². The monoisotopic (exact) mass is 535 g/mol. The quantitative estimate of drug-likeness (QED) is 0.409. The molecule has 0 radical (unpaired) electrons. The summed E-state index contributed by atoms with van der Waals surface area (Å²) in [5.41, 5.74) is 0.0525. The maximum Gasteiger partial charge on any atom is 0.261 e. The van der Waals surface area contributed by atoms with E-state index >= 15 is 0 Å². The third-order valence-corrected chi connectivity index (χ3v) is 6.87. The van der Waals surface area contributed by atoms with Crippen LogP contribution in [0.2, 0.25) is 10.0 Å². The van der Waals surface area contributed by atoms with Gasteiger partial charge in [0.2, 0.25) is 5.91 Å². The highest BCUT2D eigenvalue weighted by molar-refractivity contribution is 7.92. The van der Waals surface area contributed by atoms with E-state index in [0.717, 1.165) is 0 Å². The van der Waals surface area contributed by atoms with Crippen LogP contribution in [0.1, 0.15) is 17.3 Å². The van der Waals surface area contributed by atoms with Crippen molar-refractivity contribution in [3.05, 3.63) is 82.3 Å². The van der Waals surface area contributed by atoms with Crippen LogP contribution in [0, 0.1) is 0 Å². The molecule has 8 nitrogen and oxygen atoms in total. The first kappa shape index (κ1) is 26.3. The Labute approximate surface area is 213 Å². The van der Waals surface area contributed by atoms with Gasteiger partial charge >= 0.3 is 0 Å². The number of halogens is 2. The molecule has 0 aliphatic heterocycles. The number of para-hydroxylation sites is 1. The van der Waals surface area contributed by atoms with Gasteiger partial charge in [-0.2, -0.15) is 0 Å². The smallest absolute Gasteiger partial charge is 0.261 e. The standard InChI is InChI=1S/C24H23Cl2N3O5S/c1-3-29(15-23(30)27-2)24(31)19-14-16(25)8-13-21(19)28-35(32,33)18-11-9-17(10-12-18)34-22-7-5-4-6-20(22)26/h4-14,28H,3,15H2,1-2H3,(H,27,30). The lowest BCUT2D eigenvalue weighted by molar-refractivity contribution is -0.121. The van der Waals surface area contributed by atoms with Crippen molar-refractivity contribution in [1.29, 1.82) is 0 Å². The second-order valence-corrected chi connectivity index (χ2v) is 9.82. The fourth-order valence-corrected chi connectivity index (χ4v) is 4.50. The number of ether oxygens (including phenoxy) is 1. The zero-order valence-corrected chi connectivity index (χ0v) is 21.2. The van der Waals surface area contributed by atoms with E-state index in [9.17, 15) is 18.0 Å². The van der Waals surface area contributed by atoms with Crippen molar-refractivity contribution in [3.8, 4) is 11.5 Å². The van der Waals surface area contributed by atoms with Crippen LogP contribution in [-0.4, -0.2) is 45.3 Å². The largest absolute Gasteiger partial charge is 0.456 e. The van der Waals surface area contributed by atoms with Gasteiger partial charge in [0.1, 0.15) is 11.5 Å². The summed E-state index contributed by atoms with van der Waals surface area (Å²) >= 11 is 12.2. The second-order valence-electron chi connectivity index (χ2n) is 7.29. The molecule has 2 N–H and O–H groups in total. The Morgan fingerprint density at radius 3 is 2.31 bits per heavy atom. The third-order valence-electron chi connectivity index (χ3n) is 4.94. The van der Waals surface area contributed by atoms with Gasteiger partial charge in [-0.3, -0.25) is 14.3 Å². The molecule has 3 aromatic rings. The number of hydrogen-bond donors (Lipinski definition) is 2. The van der Waals surface area contributed by atoms with E-state index in [4.69, 9.17) is 27.9 Å². The minimum absolute atomic E-state index is 0.0190. The summed E-state index contributed by atoms with van der Waals surface area (Å²) in [6, 6.07) is 16.9. The molecule has 3 aromatic carbocycles. The van der Waals surface area contributed by atoms with Gasteiger partial charge < -0.3 is 15.0 Å². The minimum atomic E-state index is -4.06. The second kappa shape index (κ2) is 11.4. The van der Waals surface area contributed by atoms with Crippen LogP contribution in [0.25, 0.3) is 0 Å². The number of nitrogens with one attached hydrogen (secondary N) is 2. The van der Waals surface area contributed by atoms with Gasteiger partial charge in [0.25, 0.3) is 15.9 Å². The van der Waals surface area contributed by atoms with Crippen molar-refractivity contribution in [2.45, 2.75) is 11.8 Å². The van der Waals surface area contributed by atoms with Crippen LogP contribution in [-0.2, 0) is 14.8 Å². The van der Waals surface area contributed by atoms with E-state index in [1.54, 1.807) is 31.2 Å². The number of anilines is 1. The molecule has 0 aliphatic rings. The Bertz CT molecular complexity index is 1330. The van der Waals surface area contributed by atoms with Gasteiger partial charge in [-0.05, 0) is 61.5 Å². The van der Waals surface area contributed by atoms with Gasteiger partial charge in [-0.1, -0.05) is 35.3 Å². The number of nitrogens with zero attached hydrogens (tertiary/aromatic N) is 1. The molecule has 11 heteroatoms. The van der Waals surface area contributed by atoms with Gasteiger partial charge in [0, 0.05) is 18.6 Å². The van der Waals surface area contributed by atoms with Crippen LogP contribution < -0.4 is 14.8 Å². The molecule has 0 aliphatic carbocycles. The number of benzene rings is 3. The average Bonchev–Trinajstić information content (AvgIpc) is 2.84. The molecule has 0 atom stereocenters. The number of likely N-dealkylation sites (N-methyl/N-ethyl adjacent to an activating group) is 2. The number of amides is 2. The first-order valence-corrected chi connectivity index (χ1v) is 12.7. The summed E-state index contributed by atoms with van der Waals surface area (Å²) in [4.78, 5) is 26.1. The topological polar surface area (TPSA) is 105 Å². The molecule has 0 saturated carbocycles. The Morgan fingerprint density at radius 1 is 1.00 bits per heavy atom. The summed E-state index contributed by atoms with van der Waals surface area (Å²) < 4.78 is 34.2. The number of hydrogen-bond acceptors (Lipinski definition) is 5. The van der Waals surface area contributed by atoms with Gasteiger partial charge in [0.15, 0.2) is 0 Å². The fourth-order valence-electron chi connectivity index (χ4n) is 3.08. The number of carbonyl (C=O) groups is 2. The van der Waals surface area contributed by atoms with Crippen molar-refractivity contribution < 1.29 is 22.7 Å². The van der Waals surface area contributed by atoms with Gasteiger partial charge in [-0.15, -0.1) is 0 Å². The fraction of sp³-hybridized carbons (Fsp3) is 0.167. The van der Waals surface area contributed by atoms with Crippen LogP contribution >= 0.6 is 23.2 Å². The summed E-state index contributed by atoms with van der Waals surface area (Å²) in [5.74, 6) is -0.0695. The van der Waals surface area contributed by atoms with Crippen molar-refractivity contribution in [2.24, 2.45) is 0 Å². The molecule has 35 heavy (non-hydrogen) atoms. The van der Waals surface area contributed by atoms with Gasteiger partial charge in [-0.25, -0.2) is 8.42 Å². The van der Waals surface area contributed by atoms with E-state index in [2.05, 4.69) is 10.0 Å². The van der Waals surface area contributed by atoms with E-state index in [1.807, 2.05) is 0 Å². The third kappa shape index (κ3) is 6.66. The first-order chi connectivity index (χ1) is 16.6. The number of rotatable bonds is 9. The highest BCUT2D eigenvalue weighted by Crippen LogP contribution is 2.30. The molecule has 0 unspecified atom stereocenters. The molecule has 0 fully saturated rings. The number of carbonyl (C=O) groups excluding carboxylic acids is 2. The SMILES string of the molecule is CCN(CC(=O)NC)C(=O)c1cc(Cl)ccc1NS(=O)(=O)c1ccc(Oc2ccccc2Cl)cc1. The maximum atomic E-state index is 13.1. The van der Waals surface area contributed by atoms with Crippen molar-refractivity contribution in [2.75, 3.05) is 24.9 Å². The Morgan fingerprint density at radius 2 is 1.69 bits per heavy atom. The molecule has 0 spiro atoms. The normalized spacial score (nSPS) is 11.0. The average molecular weight is 536 g/mol. The van der Waals surface area contributed by atoms with Crippen LogP contribution in [0.3, 0.4) is 0 Å². The molecule has 3 rings (SSSR count). The lowest BCUT2D eigenvalue weighted by Crippen LogP contribution is -2.39. The van der Waals surface area contributed by atoms with Crippen molar-refractivity contribution in [1.82, 2.24) is 10.2 Å². The highest BCUT2D eigenvalue weighted by atomic mass is 35.5. The molecule has 0 aromatic heterocycles. The Kier molecular flexibility index (Phi) is 8.61. The minimum Gasteiger partial charge on any atom is -0.456 e. The van der Waals surface area contributed by atoms with E-state index in [0.29, 0.717) is 16.5 Å². The van der Waals surface area contributed by atoms with Crippen LogP contribution in [0.4, 0.5) is 5.69 Å². The summed E-state index contributed by atoms with van der Waals surface area (Å²) in [6.45, 7) is 1.76. The molecule has 184 valence electrons. The summed E-state index contributed by atoms with van der Waals surface area (Å²) in [7, 11) is -2.60. The molecule has 0 saturated heterocycles. The summed E-state index contributed by atoms with van der Waals surface area (Å²) in [5, 5.41) is 3.12. The van der Waals surface area contributed by atoms with Crippen molar-refractivity contribution >= 4 is 50.7 Å². The lowest BCUT2D eigenvalue weighted by Gasteiger charge is -2.22. The molecule has 0 heterocycles. The Hall–Kier alpha value is -3.27. The maximum absolute atomic E-state index is 13.1. The zero-order chi connectivity index (χ0) is 25.6. The van der Waals surface area contributed by atoms with E-state index in [-0.39, 0.29) is 40.2 Å². The highest BCUT2D eigenvalue weighted by Gasteiger charge is 2.23. The predicted octanol–water partition coefficient (Wildman–Crippen LogP) is 4.79. The van der Waals surface area contributed by atoms with Gasteiger partial charge in [0.05, 0.1) is 27.7 Å². The lowest BCUT2D eigenvalue weighted by atomic mass is 10.1.